The summed E-state index contributed by atoms with van der Waals surface area (Å²) in [4.78, 5) is 0. The molecule has 0 aliphatic carbocycles. The number of hydrogen-bond acceptors (Lipinski definition) is 1. The number of aryl methyl sites for hydroxylation is 4. The molecule has 74 valence electrons. The Labute approximate surface area is 84.5 Å². The van der Waals surface area contributed by atoms with Crippen molar-refractivity contribution >= 4 is 10.9 Å². The average Bonchev–Trinajstić information content (AvgIpc) is 2.43. The molecule has 0 spiro atoms. The molecule has 0 saturated carbocycles. The molecule has 0 aliphatic rings. The fraction of sp³-hybridized carbons (Fsp3) is 0.417. The van der Waals surface area contributed by atoms with Crippen LogP contribution in [-0.2, 0) is 13.5 Å². The van der Waals surface area contributed by atoms with Crippen molar-refractivity contribution in [1.29, 1.82) is 0 Å². The van der Waals surface area contributed by atoms with Crippen LogP contribution in [0.15, 0.2) is 12.1 Å². The van der Waals surface area contributed by atoms with E-state index in [0.29, 0.717) is 0 Å². The molecule has 0 unspecified atom stereocenters. The summed E-state index contributed by atoms with van der Waals surface area (Å²) in [7, 11) is 2.00. The van der Waals surface area contributed by atoms with Crippen LogP contribution in [0.5, 0.6) is 0 Å². The molecule has 2 nitrogen and oxygen atoms in total. The second-order valence-corrected chi connectivity index (χ2v) is 3.86. The molecule has 1 aromatic heterocycles. The molecule has 0 radical (unpaired) electrons. The molecule has 1 aromatic carbocycles. The SMILES string of the molecule is CCc1cc2nn(C)c(C)c2cc1C. The van der Waals surface area contributed by atoms with E-state index in [1.807, 2.05) is 11.7 Å². The Morgan fingerprint density at radius 2 is 2.00 bits per heavy atom. The summed E-state index contributed by atoms with van der Waals surface area (Å²) >= 11 is 0. The van der Waals surface area contributed by atoms with Gasteiger partial charge in [-0.05, 0) is 43.5 Å². The normalized spacial score (nSPS) is 11.1. The van der Waals surface area contributed by atoms with Gasteiger partial charge in [0.05, 0.1) is 5.52 Å². The maximum Gasteiger partial charge on any atom is 0.0928 e. The highest BCUT2D eigenvalue weighted by molar-refractivity contribution is 5.83. The van der Waals surface area contributed by atoms with Gasteiger partial charge >= 0.3 is 0 Å². The number of fused-ring (bicyclic) bond motifs is 1. The van der Waals surface area contributed by atoms with Gasteiger partial charge in [0.1, 0.15) is 0 Å². The third kappa shape index (κ3) is 1.22. The molecule has 2 rings (SSSR count). The Kier molecular flexibility index (Phi) is 2.06. The lowest BCUT2D eigenvalue weighted by Gasteiger charge is -2.01. The van der Waals surface area contributed by atoms with Crippen LogP contribution in [0.1, 0.15) is 23.7 Å². The van der Waals surface area contributed by atoms with E-state index >= 15 is 0 Å². The Morgan fingerprint density at radius 3 is 2.64 bits per heavy atom. The molecule has 2 aromatic rings. The molecule has 0 N–H and O–H groups in total. The lowest BCUT2D eigenvalue weighted by atomic mass is 10.0. The van der Waals surface area contributed by atoms with E-state index < -0.39 is 0 Å². The van der Waals surface area contributed by atoms with Crippen molar-refractivity contribution in [3.05, 3.63) is 29.0 Å². The first-order valence-corrected chi connectivity index (χ1v) is 5.06. The number of rotatable bonds is 1. The topological polar surface area (TPSA) is 17.8 Å². The quantitative estimate of drug-likeness (QED) is 0.673. The van der Waals surface area contributed by atoms with Crippen molar-refractivity contribution in [2.75, 3.05) is 0 Å². The fourth-order valence-corrected chi connectivity index (χ4v) is 1.90. The molecule has 0 atom stereocenters. The first-order valence-electron chi connectivity index (χ1n) is 5.06. The van der Waals surface area contributed by atoms with Crippen molar-refractivity contribution in [1.82, 2.24) is 9.78 Å². The zero-order chi connectivity index (χ0) is 10.3. The first-order chi connectivity index (χ1) is 6.63. The van der Waals surface area contributed by atoms with Gasteiger partial charge < -0.3 is 0 Å². The molecule has 1 heterocycles. The van der Waals surface area contributed by atoms with Gasteiger partial charge in [0, 0.05) is 18.1 Å². The van der Waals surface area contributed by atoms with Crippen molar-refractivity contribution in [2.45, 2.75) is 27.2 Å². The Morgan fingerprint density at radius 1 is 1.29 bits per heavy atom. The van der Waals surface area contributed by atoms with Crippen LogP contribution < -0.4 is 0 Å². The molecular formula is C12H16N2. The van der Waals surface area contributed by atoms with Gasteiger partial charge in [-0.15, -0.1) is 0 Å². The van der Waals surface area contributed by atoms with E-state index in [0.717, 1.165) is 11.9 Å². The van der Waals surface area contributed by atoms with Crippen molar-refractivity contribution < 1.29 is 0 Å². The molecule has 0 aliphatic heterocycles. The summed E-state index contributed by atoms with van der Waals surface area (Å²) in [5.41, 5.74) is 5.13. The second-order valence-electron chi connectivity index (χ2n) is 3.86. The number of aromatic nitrogens is 2. The highest BCUT2D eigenvalue weighted by Gasteiger charge is 2.06. The minimum atomic E-state index is 1.08. The summed E-state index contributed by atoms with van der Waals surface area (Å²) in [6.07, 6.45) is 1.08. The molecule has 2 heteroatoms. The lowest BCUT2D eigenvalue weighted by molar-refractivity contribution is 0.751. The van der Waals surface area contributed by atoms with Gasteiger partial charge in [-0.1, -0.05) is 6.92 Å². The maximum atomic E-state index is 4.48. The number of benzene rings is 1. The molecule has 0 bridgehead atoms. The van der Waals surface area contributed by atoms with Crippen LogP contribution in [0, 0.1) is 13.8 Å². The van der Waals surface area contributed by atoms with E-state index in [2.05, 4.69) is 38.0 Å². The Balaban J connectivity index is 2.79. The van der Waals surface area contributed by atoms with E-state index in [-0.39, 0.29) is 0 Å². The molecule has 0 fully saturated rings. The summed E-state index contributed by atoms with van der Waals surface area (Å²) in [6, 6.07) is 4.45. The van der Waals surface area contributed by atoms with Crippen LogP contribution in [-0.4, -0.2) is 9.78 Å². The molecule has 0 amide bonds. The standard InChI is InChI=1S/C12H16N2/c1-5-10-7-12-11(6-8(10)2)9(3)14(4)13-12/h6-7H,5H2,1-4H3. The largest absolute Gasteiger partial charge is 0.272 e. The van der Waals surface area contributed by atoms with Gasteiger partial charge in [0.15, 0.2) is 0 Å². The van der Waals surface area contributed by atoms with Crippen LogP contribution in [0.3, 0.4) is 0 Å². The highest BCUT2D eigenvalue weighted by Crippen LogP contribution is 2.21. The Hall–Kier alpha value is -1.31. The Bertz CT molecular complexity index is 481. The van der Waals surface area contributed by atoms with Crippen LogP contribution in [0.25, 0.3) is 10.9 Å². The van der Waals surface area contributed by atoms with E-state index in [9.17, 15) is 0 Å². The van der Waals surface area contributed by atoms with Gasteiger partial charge in [0.25, 0.3) is 0 Å². The predicted molar refractivity (Wildman–Crippen MR) is 59.6 cm³/mol. The summed E-state index contributed by atoms with van der Waals surface area (Å²) in [5, 5.41) is 5.76. The smallest absolute Gasteiger partial charge is 0.0928 e. The minimum absolute atomic E-state index is 1.08. The second kappa shape index (κ2) is 3.12. The first kappa shape index (κ1) is 9.25. The minimum Gasteiger partial charge on any atom is -0.272 e. The number of hydrogen-bond donors (Lipinski definition) is 0. The van der Waals surface area contributed by atoms with Crippen LogP contribution in [0.2, 0.25) is 0 Å². The summed E-state index contributed by atoms with van der Waals surface area (Å²) in [6.45, 7) is 6.47. The number of nitrogens with zero attached hydrogens (tertiary/aromatic N) is 2. The van der Waals surface area contributed by atoms with Crippen molar-refractivity contribution in [2.24, 2.45) is 7.05 Å². The van der Waals surface area contributed by atoms with Crippen LogP contribution in [0.4, 0.5) is 0 Å². The monoisotopic (exact) mass is 188 g/mol. The molecular weight excluding hydrogens is 172 g/mol. The zero-order valence-corrected chi connectivity index (χ0v) is 9.26. The predicted octanol–water partition coefficient (Wildman–Crippen LogP) is 2.75. The average molecular weight is 188 g/mol. The van der Waals surface area contributed by atoms with Gasteiger partial charge in [-0.3, -0.25) is 4.68 Å². The van der Waals surface area contributed by atoms with Crippen molar-refractivity contribution in [3.63, 3.8) is 0 Å². The van der Waals surface area contributed by atoms with Gasteiger partial charge in [-0.25, -0.2) is 0 Å². The van der Waals surface area contributed by atoms with Gasteiger partial charge in [0.2, 0.25) is 0 Å². The van der Waals surface area contributed by atoms with E-state index in [1.54, 1.807) is 0 Å². The van der Waals surface area contributed by atoms with Crippen LogP contribution >= 0.6 is 0 Å². The van der Waals surface area contributed by atoms with E-state index in [4.69, 9.17) is 0 Å². The van der Waals surface area contributed by atoms with Gasteiger partial charge in [-0.2, -0.15) is 5.10 Å². The molecule has 14 heavy (non-hydrogen) atoms. The third-order valence-electron chi connectivity index (χ3n) is 2.97. The highest BCUT2D eigenvalue weighted by atomic mass is 15.3. The lowest BCUT2D eigenvalue weighted by Crippen LogP contribution is -1.91. The summed E-state index contributed by atoms with van der Waals surface area (Å²) < 4.78 is 1.95. The zero-order valence-electron chi connectivity index (χ0n) is 9.26. The van der Waals surface area contributed by atoms with E-state index in [1.165, 1.54) is 22.2 Å². The summed E-state index contributed by atoms with van der Waals surface area (Å²) in [5.74, 6) is 0. The maximum absolute atomic E-state index is 4.48. The fourth-order valence-electron chi connectivity index (χ4n) is 1.90. The van der Waals surface area contributed by atoms with Crippen molar-refractivity contribution in [3.8, 4) is 0 Å². The third-order valence-corrected chi connectivity index (χ3v) is 2.97. The molecule has 0 saturated heterocycles.